The zero-order valence-corrected chi connectivity index (χ0v) is 15.1. The molecule has 1 aliphatic rings. The van der Waals surface area contributed by atoms with Crippen molar-refractivity contribution >= 4 is 11.6 Å². The van der Waals surface area contributed by atoms with Gasteiger partial charge in [0.05, 0.1) is 12.1 Å². The highest BCUT2D eigenvalue weighted by Crippen LogP contribution is 2.38. The predicted octanol–water partition coefficient (Wildman–Crippen LogP) is 3.78. The summed E-state index contributed by atoms with van der Waals surface area (Å²) in [6.07, 6.45) is -1.50. The maximum atomic E-state index is 13.3. The van der Waals surface area contributed by atoms with Crippen LogP contribution in [0.4, 0.5) is 18.9 Å². The third-order valence-corrected chi connectivity index (χ3v) is 4.94. The highest BCUT2D eigenvalue weighted by molar-refractivity contribution is 6.10. The van der Waals surface area contributed by atoms with Crippen molar-refractivity contribution < 1.29 is 18.0 Å². The van der Waals surface area contributed by atoms with Crippen LogP contribution in [0.5, 0.6) is 0 Å². The Balaban J connectivity index is 1.58. The Labute approximate surface area is 159 Å². The number of nitrogens with zero attached hydrogens (tertiary/aromatic N) is 4. The third-order valence-electron chi connectivity index (χ3n) is 4.94. The van der Waals surface area contributed by atoms with Gasteiger partial charge in [0.2, 0.25) is 0 Å². The fourth-order valence-electron chi connectivity index (χ4n) is 3.48. The van der Waals surface area contributed by atoms with Gasteiger partial charge in [-0.25, -0.2) is 0 Å². The standard InChI is InChI=1S/C20H17F3N4O/c1-26-12-24-25-18(26)9-8-13-4-2-5-14(10-13)27-11-16-15(19(27)28)6-3-7-17(16)20(21,22)23/h2-7,10,12H,8-9,11H2,1H3. The normalized spacial score (nSPS) is 13.9. The Morgan fingerprint density at radius 3 is 2.61 bits per heavy atom. The van der Waals surface area contributed by atoms with Crippen LogP contribution < -0.4 is 4.90 Å². The number of fused-ring (bicyclic) bond motifs is 1. The molecule has 0 atom stereocenters. The van der Waals surface area contributed by atoms with E-state index >= 15 is 0 Å². The largest absolute Gasteiger partial charge is 0.416 e. The molecule has 1 aliphatic heterocycles. The Bertz CT molecular complexity index is 1040. The van der Waals surface area contributed by atoms with Gasteiger partial charge in [0.25, 0.3) is 5.91 Å². The minimum atomic E-state index is -4.49. The van der Waals surface area contributed by atoms with Crippen LogP contribution in [0.1, 0.15) is 32.9 Å². The lowest BCUT2D eigenvalue weighted by molar-refractivity contribution is -0.138. The van der Waals surface area contributed by atoms with E-state index < -0.39 is 17.6 Å². The first-order valence-electron chi connectivity index (χ1n) is 8.77. The molecule has 28 heavy (non-hydrogen) atoms. The molecule has 0 aliphatic carbocycles. The molecule has 1 aromatic heterocycles. The molecule has 0 unspecified atom stereocenters. The third kappa shape index (κ3) is 3.26. The summed E-state index contributed by atoms with van der Waals surface area (Å²) in [5, 5.41) is 7.89. The van der Waals surface area contributed by atoms with Gasteiger partial charge in [-0.1, -0.05) is 18.2 Å². The Morgan fingerprint density at radius 1 is 1.11 bits per heavy atom. The predicted molar refractivity (Wildman–Crippen MR) is 96.8 cm³/mol. The van der Waals surface area contributed by atoms with Gasteiger partial charge in [-0.05, 0) is 41.8 Å². The van der Waals surface area contributed by atoms with Crippen LogP contribution in [0.15, 0.2) is 48.8 Å². The Hall–Kier alpha value is -3.16. The van der Waals surface area contributed by atoms with Gasteiger partial charge >= 0.3 is 6.18 Å². The minimum absolute atomic E-state index is 0.0319. The van der Waals surface area contributed by atoms with Gasteiger partial charge in [0.1, 0.15) is 12.2 Å². The molecule has 0 saturated heterocycles. The number of alkyl halides is 3. The van der Waals surface area contributed by atoms with E-state index in [2.05, 4.69) is 10.2 Å². The number of benzene rings is 2. The first-order valence-corrected chi connectivity index (χ1v) is 8.77. The van der Waals surface area contributed by atoms with Crippen LogP contribution in [0.3, 0.4) is 0 Å². The molecule has 0 spiro atoms. The summed E-state index contributed by atoms with van der Waals surface area (Å²) in [4.78, 5) is 14.1. The Kier molecular flexibility index (Phi) is 4.41. The lowest BCUT2D eigenvalue weighted by Gasteiger charge is -2.17. The molecule has 1 amide bonds. The van der Waals surface area contributed by atoms with Crippen LogP contribution in [-0.2, 0) is 32.6 Å². The lowest BCUT2D eigenvalue weighted by atomic mass is 10.0. The minimum Gasteiger partial charge on any atom is -0.321 e. The zero-order valence-electron chi connectivity index (χ0n) is 15.1. The molecule has 0 saturated carbocycles. The molecule has 2 heterocycles. The Morgan fingerprint density at radius 2 is 1.89 bits per heavy atom. The van der Waals surface area contributed by atoms with Crippen molar-refractivity contribution in [1.82, 2.24) is 14.8 Å². The molecule has 0 N–H and O–H groups in total. The molecule has 0 bridgehead atoms. The average molecular weight is 386 g/mol. The van der Waals surface area contributed by atoms with E-state index in [9.17, 15) is 18.0 Å². The second kappa shape index (κ2) is 6.78. The summed E-state index contributed by atoms with van der Waals surface area (Å²) in [6, 6.07) is 11.1. The summed E-state index contributed by atoms with van der Waals surface area (Å²) >= 11 is 0. The van der Waals surface area contributed by atoms with Gasteiger partial charge in [-0.15, -0.1) is 10.2 Å². The highest BCUT2D eigenvalue weighted by atomic mass is 19.4. The summed E-state index contributed by atoms with van der Waals surface area (Å²) in [5.74, 6) is 0.427. The monoisotopic (exact) mass is 386 g/mol. The van der Waals surface area contributed by atoms with Crippen molar-refractivity contribution in [1.29, 1.82) is 0 Å². The fourth-order valence-corrected chi connectivity index (χ4v) is 3.48. The molecule has 144 valence electrons. The number of amides is 1. The first-order chi connectivity index (χ1) is 13.3. The molecule has 0 radical (unpaired) electrons. The van der Waals surface area contributed by atoms with E-state index in [0.29, 0.717) is 18.5 Å². The quantitative estimate of drug-likeness (QED) is 0.686. The van der Waals surface area contributed by atoms with Gasteiger partial charge < -0.3 is 9.47 Å². The second-order valence-electron chi connectivity index (χ2n) is 6.75. The molecule has 4 rings (SSSR count). The number of rotatable bonds is 4. The summed E-state index contributed by atoms with van der Waals surface area (Å²) < 4.78 is 41.7. The SMILES string of the molecule is Cn1cnnc1CCc1cccc(N2Cc3c(cccc3C(F)(F)F)C2=O)c1. The molecule has 3 aromatic rings. The molecular formula is C20H17F3N4O. The van der Waals surface area contributed by atoms with E-state index in [4.69, 9.17) is 0 Å². The van der Waals surface area contributed by atoms with Gasteiger partial charge in [0.15, 0.2) is 0 Å². The van der Waals surface area contributed by atoms with Crippen molar-refractivity contribution in [2.24, 2.45) is 7.05 Å². The summed E-state index contributed by atoms with van der Waals surface area (Å²) in [5.41, 5.74) is 0.952. The van der Waals surface area contributed by atoms with Crippen molar-refractivity contribution in [2.75, 3.05) is 4.90 Å². The van der Waals surface area contributed by atoms with Crippen LogP contribution >= 0.6 is 0 Å². The zero-order chi connectivity index (χ0) is 19.9. The number of halogens is 3. The molecule has 2 aromatic carbocycles. The average Bonchev–Trinajstić information content (AvgIpc) is 3.22. The second-order valence-corrected chi connectivity index (χ2v) is 6.75. The van der Waals surface area contributed by atoms with Crippen LogP contribution in [-0.4, -0.2) is 20.7 Å². The van der Waals surface area contributed by atoms with Crippen molar-refractivity contribution in [2.45, 2.75) is 25.6 Å². The summed E-state index contributed by atoms with van der Waals surface area (Å²) in [6.45, 7) is -0.0867. The number of carbonyl (C=O) groups excluding carboxylic acids is 1. The van der Waals surface area contributed by atoms with Gasteiger partial charge in [-0.3, -0.25) is 4.79 Å². The fraction of sp³-hybridized carbons (Fsp3) is 0.250. The maximum absolute atomic E-state index is 13.3. The number of carbonyl (C=O) groups is 1. The topological polar surface area (TPSA) is 51.0 Å². The molecule has 0 fully saturated rings. The van der Waals surface area contributed by atoms with E-state index in [0.717, 1.165) is 17.5 Å². The van der Waals surface area contributed by atoms with Crippen LogP contribution in [0.2, 0.25) is 0 Å². The van der Waals surface area contributed by atoms with Crippen LogP contribution in [0.25, 0.3) is 0 Å². The smallest absolute Gasteiger partial charge is 0.321 e. The van der Waals surface area contributed by atoms with Crippen molar-refractivity contribution in [3.8, 4) is 0 Å². The van der Waals surface area contributed by atoms with E-state index in [1.165, 1.54) is 17.0 Å². The number of anilines is 1. The van der Waals surface area contributed by atoms with Crippen LogP contribution in [0, 0.1) is 0 Å². The molecule has 8 heteroatoms. The van der Waals surface area contributed by atoms with Crippen molar-refractivity contribution in [3.63, 3.8) is 0 Å². The number of aromatic nitrogens is 3. The summed E-state index contributed by atoms with van der Waals surface area (Å²) in [7, 11) is 1.87. The molecular weight excluding hydrogens is 369 g/mol. The maximum Gasteiger partial charge on any atom is 0.416 e. The highest BCUT2D eigenvalue weighted by Gasteiger charge is 2.39. The van der Waals surface area contributed by atoms with E-state index in [-0.39, 0.29) is 17.7 Å². The molecule has 5 nitrogen and oxygen atoms in total. The van der Waals surface area contributed by atoms with Crippen molar-refractivity contribution in [3.05, 3.63) is 76.9 Å². The number of hydrogen-bond acceptors (Lipinski definition) is 3. The number of aryl methyl sites for hydroxylation is 3. The number of hydrogen-bond donors (Lipinski definition) is 0. The first kappa shape index (κ1) is 18.2. The lowest BCUT2D eigenvalue weighted by Crippen LogP contribution is -2.23. The van der Waals surface area contributed by atoms with E-state index in [1.54, 1.807) is 12.4 Å². The van der Waals surface area contributed by atoms with E-state index in [1.807, 2.05) is 29.8 Å². The van der Waals surface area contributed by atoms with Gasteiger partial charge in [-0.2, -0.15) is 13.2 Å². The van der Waals surface area contributed by atoms with Gasteiger partial charge in [0, 0.05) is 24.7 Å².